The van der Waals surface area contributed by atoms with Gasteiger partial charge in [0.15, 0.2) is 5.76 Å². The number of para-hydroxylation sites is 1. The Morgan fingerprint density at radius 2 is 1.85 bits per heavy atom. The molecule has 2 heterocycles. The molecule has 140 valence electrons. The number of amides is 1. The van der Waals surface area contributed by atoms with Crippen molar-refractivity contribution < 1.29 is 13.9 Å². The number of hydrogen-bond acceptors (Lipinski definition) is 4. The third-order valence-electron chi connectivity index (χ3n) is 5.11. The molecule has 0 atom stereocenters. The van der Waals surface area contributed by atoms with Gasteiger partial charge in [0.25, 0.3) is 5.91 Å². The van der Waals surface area contributed by atoms with Crippen molar-refractivity contribution in [2.75, 3.05) is 25.6 Å². The monoisotopic (exact) mass is 364 g/mol. The van der Waals surface area contributed by atoms with Crippen LogP contribution in [0.1, 0.15) is 29.0 Å². The molecule has 2 aromatic carbocycles. The number of benzene rings is 2. The molecule has 0 unspecified atom stereocenters. The van der Waals surface area contributed by atoms with Gasteiger partial charge in [-0.1, -0.05) is 30.3 Å². The number of nitrogens with zero attached hydrogens (tertiary/aromatic N) is 1. The van der Waals surface area contributed by atoms with Crippen LogP contribution < -0.4 is 5.32 Å². The van der Waals surface area contributed by atoms with Crippen molar-refractivity contribution >= 4 is 22.6 Å². The fourth-order valence-electron chi connectivity index (χ4n) is 3.52. The Morgan fingerprint density at radius 3 is 2.59 bits per heavy atom. The minimum Gasteiger partial charge on any atom is -0.451 e. The molecule has 1 N–H and O–H groups in total. The summed E-state index contributed by atoms with van der Waals surface area (Å²) in [6.07, 6.45) is 2.17. The number of fused-ring (bicyclic) bond motifs is 1. The lowest BCUT2D eigenvalue weighted by molar-refractivity contribution is 0.0407. The molecular weight excluding hydrogens is 340 g/mol. The van der Waals surface area contributed by atoms with Crippen LogP contribution in [0.4, 0.5) is 5.69 Å². The van der Waals surface area contributed by atoms with E-state index >= 15 is 0 Å². The molecular formula is C22H24N2O3. The van der Waals surface area contributed by atoms with Crippen LogP contribution in [0, 0.1) is 0 Å². The van der Waals surface area contributed by atoms with Gasteiger partial charge in [-0.05, 0) is 49.7 Å². The van der Waals surface area contributed by atoms with Crippen LogP contribution >= 0.6 is 0 Å². The molecule has 0 bridgehead atoms. The number of nitrogens with one attached hydrogen (secondary N) is 1. The van der Waals surface area contributed by atoms with Crippen molar-refractivity contribution in [1.82, 2.24) is 4.90 Å². The fraction of sp³-hybridized carbons (Fsp3) is 0.318. The van der Waals surface area contributed by atoms with Gasteiger partial charge in [-0.15, -0.1) is 0 Å². The SMILES string of the molecule is CN(Cc1ccc(NC(=O)c2cc3ccccc3o2)cc1)C1CCOCC1. The summed E-state index contributed by atoms with van der Waals surface area (Å²) in [5.41, 5.74) is 2.71. The maximum atomic E-state index is 12.4. The predicted octanol–water partition coefficient (Wildman–Crippen LogP) is 4.30. The number of carbonyl (C=O) groups excluding carboxylic acids is 1. The Hall–Kier alpha value is -2.63. The molecule has 1 aromatic heterocycles. The first kappa shape index (κ1) is 17.8. The highest BCUT2D eigenvalue weighted by Gasteiger charge is 2.18. The summed E-state index contributed by atoms with van der Waals surface area (Å²) in [5.74, 6) is 0.0813. The van der Waals surface area contributed by atoms with E-state index in [0.29, 0.717) is 17.4 Å². The predicted molar refractivity (Wildman–Crippen MR) is 106 cm³/mol. The molecule has 27 heavy (non-hydrogen) atoms. The molecule has 3 aromatic rings. The summed E-state index contributed by atoms with van der Waals surface area (Å²) in [7, 11) is 2.16. The van der Waals surface area contributed by atoms with Crippen LogP contribution in [0.15, 0.2) is 59.0 Å². The Balaban J connectivity index is 1.37. The topological polar surface area (TPSA) is 54.7 Å². The molecule has 1 fully saturated rings. The number of ether oxygens (including phenoxy) is 1. The first-order valence-electron chi connectivity index (χ1n) is 9.36. The van der Waals surface area contributed by atoms with Gasteiger partial charge in [-0.2, -0.15) is 0 Å². The van der Waals surface area contributed by atoms with E-state index in [2.05, 4.69) is 29.4 Å². The Morgan fingerprint density at radius 1 is 1.11 bits per heavy atom. The normalized spacial score (nSPS) is 15.3. The smallest absolute Gasteiger partial charge is 0.291 e. The second-order valence-corrected chi connectivity index (χ2v) is 7.06. The zero-order valence-corrected chi connectivity index (χ0v) is 15.5. The lowest BCUT2D eigenvalue weighted by Gasteiger charge is -2.31. The summed E-state index contributed by atoms with van der Waals surface area (Å²) in [6.45, 7) is 2.59. The van der Waals surface area contributed by atoms with Crippen molar-refractivity contribution in [2.45, 2.75) is 25.4 Å². The standard InChI is InChI=1S/C22H24N2O3/c1-24(19-10-12-26-13-11-19)15-16-6-8-18(9-7-16)23-22(25)21-14-17-4-2-3-5-20(17)27-21/h2-9,14,19H,10-13,15H2,1H3,(H,23,25). The zero-order valence-electron chi connectivity index (χ0n) is 15.5. The zero-order chi connectivity index (χ0) is 18.6. The average molecular weight is 364 g/mol. The lowest BCUT2D eigenvalue weighted by atomic mass is 10.1. The Bertz CT molecular complexity index is 878. The first-order valence-corrected chi connectivity index (χ1v) is 9.36. The van der Waals surface area contributed by atoms with Gasteiger partial charge < -0.3 is 14.5 Å². The van der Waals surface area contributed by atoms with Gasteiger partial charge >= 0.3 is 0 Å². The number of furan rings is 1. The van der Waals surface area contributed by atoms with Crippen LogP contribution in [0.25, 0.3) is 11.0 Å². The summed E-state index contributed by atoms with van der Waals surface area (Å²) in [5, 5.41) is 3.83. The molecule has 0 radical (unpaired) electrons. The van der Waals surface area contributed by atoms with Crippen molar-refractivity contribution in [3.8, 4) is 0 Å². The van der Waals surface area contributed by atoms with Gasteiger partial charge in [0.05, 0.1) is 0 Å². The van der Waals surface area contributed by atoms with Gasteiger partial charge in [0.1, 0.15) is 5.58 Å². The number of anilines is 1. The Labute approximate surface area is 158 Å². The van der Waals surface area contributed by atoms with Crippen LogP contribution in [0.2, 0.25) is 0 Å². The second kappa shape index (κ2) is 7.94. The van der Waals surface area contributed by atoms with Crippen LogP contribution in [-0.4, -0.2) is 37.1 Å². The molecule has 5 nitrogen and oxygen atoms in total. The highest BCUT2D eigenvalue weighted by molar-refractivity contribution is 6.04. The fourth-order valence-corrected chi connectivity index (χ4v) is 3.52. The molecule has 0 aliphatic carbocycles. The summed E-state index contributed by atoms with van der Waals surface area (Å²) in [4.78, 5) is 14.8. The molecule has 1 aliphatic rings. The van der Waals surface area contributed by atoms with Crippen molar-refractivity contribution in [2.24, 2.45) is 0 Å². The van der Waals surface area contributed by atoms with E-state index in [4.69, 9.17) is 9.15 Å². The summed E-state index contributed by atoms with van der Waals surface area (Å²) < 4.78 is 11.1. The molecule has 1 aliphatic heterocycles. The maximum Gasteiger partial charge on any atom is 0.291 e. The molecule has 5 heteroatoms. The second-order valence-electron chi connectivity index (χ2n) is 7.06. The van der Waals surface area contributed by atoms with Crippen molar-refractivity contribution in [3.63, 3.8) is 0 Å². The quantitative estimate of drug-likeness (QED) is 0.733. The molecule has 1 amide bonds. The number of hydrogen-bond donors (Lipinski definition) is 1. The van der Waals surface area contributed by atoms with E-state index in [-0.39, 0.29) is 5.91 Å². The van der Waals surface area contributed by atoms with Gasteiger partial charge in [0, 0.05) is 36.9 Å². The summed E-state index contributed by atoms with van der Waals surface area (Å²) in [6, 6.07) is 17.9. The van der Waals surface area contributed by atoms with E-state index in [1.54, 1.807) is 6.07 Å². The van der Waals surface area contributed by atoms with E-state index in [1.165, 1.54) is 5.56 Å². The maximum absolute atomic E-state index is 12.4. The molecule has 4 rings (SSSR count). The molecule has 1 saturated heterocycles. The number of rotatable bonds is 5. The van der Waals surface area contributed by atoms with Crippen LogP contribution in [0.3, 0.4) is 0 Å². The average Bonchev–Trinajstić information content (AvgIpc) is 3.14. The van der Waals surface area contributed by atoms with Gasteiger partial charge in [0.2, 0.25) is 0 Å². The third kappa shape index (κ3) is 4.21. The van der Waals surface area contributed by atoms with E-state index in [0.717, 1.165) is 43.7 Å². The van der Waals surface area contributed by atoms with Gasteiger partial charge in [-0.25, -0.2) is 0 Å². The molecule has 0 saturated carbocycles. The van der Waals surface area contributed by atoms with E-state index < -0.39 is 0 Å². The Kier molecular flexibility index (Phi) is 5.23. The van der Waals surface area contributed by atoms with E-state index in [9.17, 15) is 4.79 Å². The van der Waals surface area contributed by atoms with Gasteiger partial charge in [-0.3, -0.25) is 9.69 Å². The highest BCUT2D eigenvalue weighted by Crippen LogP contribution is 2.21. The van der Waals surface area contributed by atoms with E-state index in [1.807, 2.05) is 36.4 Å². The first-order chi connectivity index (χ1) is 13.2. The minimum atomic E-state index is -0.238. The lowest BCUT2D eigenvalue weighted by Crippen LogP contribution is -2.36. The van der Waals surface area contributed by atoms with Crippen molar-refractivity contribution in [3.05, 3.63) is 65.9 Å². The molecule has 0 spiro atoms. The number of carbonyl (C=O) groups is 1. The highest BCUT2D eigenvalue weighted by atomic mass is 16.5. The van der Waals surface area contributed by atoms with Crippen molar-refractivity contribution in [1.29, 1.82) is 0 Å². The summed E-state index contributed by atoms with van der Waals surface area (Å²) >= 11 is 0. The largest absolute Gasteiger partial charge is 0.451 e. The minimum absolute atomic E-state index is 0.238. The van der Waals surface area contributed by atoms with Crippen LogP contribution in [0.5, 0.6) is 0 Å². The third-order valence-corrected chi connectivity index (χ3v) is 5.11. The van der Waals surface area contributed by atoms with Crippen LogP contribution in [-0.2, 0) is 11.3 Å².